The minimum absolute atomic E-state index is 0.117. The lowest BCUT2D eigenvalue weighted by Crippen LogP contribution is -2.16. The molecule has 0 aliphatic carbocycles. The van der Waals surface area contributed by atoms with Crippen LogP contribution < -0.4 is 4.72 Å². The fourth-order valence-electron chi connectivity index (χ4n) is 1.19. The topological polar surface area (TPSA) is 66.4 Å². The van der Waals surface area contributed by atoms with E-state index in [1.54, 1.807) is 0 Å². The van der Waals surface area contributed by atoms with Crippen LogP contribution in [-0.4, -0.2) is 19.3 Å². The molecule has 2 N–H and O–H groups in total. The highest BCUT2D eigenvalue weighted by atomic mass is 32.2. The van der Waals surface area contributed by atoms with Crippen LogP contribution in [0.1, 0.15) is 19.8 Å². The third kappa shape index (κ3) is 3.85. The zero-order valence-electron chi connectivity index (χ0n) is 9.20. The van der Waals surface area contributed by atoms with Crippen molar-refractivity contribution in [1.82, 2.24) is 0 Å². The standard InChI is InChI=1S/C10H13F2NO3S/c1-2-3-4-17(15,16)13-7-5-8(11)10(14)9(12)6-7/h5-6,13-14H,2-4H2,1H3. The van der Waals surface area contributed by atoms with Gasteiger partial charge in [-0.15, -0.1) is 0 Å². The molecule has 0 unspecified atom stereocenters. The smallest absolute Gasteiger partial charge is 0.232 e. The minimum atomic E-state index is -3.61. The maximum atomic E-state index is 12.9. The van der Waals surface area contributed by atoms with E-state index in [1.807, 2.05) is 11.6 Å². The number of nitrogens with one attached hydrogen (secondary N) is 1. The van der Waals surface area contributed by atoms with Crippen molar-refractivity contribution >= 4 is 15.7 Å². The molecule has 0 bridgehead atoms. The summed E-state index contributed by atoms with van der Waals surface area (Å²) in [6.07, 6.45) is 1.15. The lowest BCUT2D eigenvalue weighted by molar-refractivity contribution is 0.396. The number of hydrogen-bond donors (Lipinski definition) is 2. The minimum Gasteiger partial charge on any atom is -0.503 e. The Hall–Kier alpha value is -1.37. The SMILES string of the molecule is CCCCS(=O)(=O)Nc1cc(F)c(O)c(F)c1. The highest BCUT2D eigenvalue weighted by molar-refractivity contribution is 7.92. The monoisotopic (exact) mass is 265 g/mol. The Balaban J connectivity index is 2.89. The second-order valence-electron chi connectivity index (χ2n) is 3.56. The first-order chi connectivity index (χ1) is 7.85. The van der Waals surface area contributed by atoms with Gasteiger partial charge in [0.1, 0.15) is 0 Å². The van der Waals surface area contributed by atoms with Gasteiger partial charge in [0, 0.05) is 12.1 Å². The molecule has 0 aromatic heterocycles. The zero-order valence-corrected chi connectivity index (χ0v) is 10.0. The van der Waals surface area contributed by atoms with Crippen molar-refractivity contribution in [2.45, 2.75) is 19.8 Å². The number of rotatable bonds is 5. The number of sulfonamides is 1. The molecular weight excluding hydrogens is 252 g/mol. The largest absolute Gasteiger partial charge is 0.503 e. The summed E-state index contributed by atoms with van der Waals surface area (Å²) in [6, 6.07) is 1.45. The maximum Gasteiger partial charge on any atom is 0.232 e. The average molecular weight is 265 g/mol. The van der Waals surface area contributed by atoms with Crippen LogP contribution in [0, 0.1) is 11.6 Å². The normalized spacial score (nSPS) is 11.5. The molecule has 0 aliphatic rings. The van der Waals surface area contributed by atoms with E-state index in [4.69, 9.17) is 5.11 Å². The van der Waals surface area contributed by atoms with Gasteiger partial charge in [-0.05, 0) is 6.42 Å². The van der Waals surface area contributed by atoms with Crippen LogP contribution in [0.15, 0.2) is 12.1 Å². The van der Waals surface area contributed by atoms with E-state index >= 15 is 0 Å². The molecule has 0 atom stereocenters. The molecule has 7 heteroatoms. The predicted molar refractivity (Wildman–Crippen MR) is 60.3 cm³/mol. The Bertz CT molecular complexity index is 479. The summed E-state index contributed by atoms with van der Waals surface area (Å²) in [4.78, 5) is 0. The first kappa shape index (κ1) is 13.7. The Labute approximate surface area is 98.3 Å². The Morgan fingerprint density at radius 3 is 2.29 bits per heavy atom. The molecule has 0 saturated heterocycles. The second-order valence-corrected chi connectivity index (χ2v) is 5.40. The van der Waals surface area contributed by atoms with Gasteiger partial charge < -0.3 is 5.11 Å². The first-order valence-corrected chi connectivity index (χ1v) is 6.69. The van der Waals surface area contributed by atoms with Gasteiger partial charge in [-0.3, -0.25) is 4.72 Å². The highest BCUT2D eigenvalue weighted by Crippen LogP contribution is 2.24. The van der Waals surface area contributed by atoms with Gasteiger partial charge in [-0.25, -0.2) is 17.2 Å². The van der Waals surface area contributed by atoms with Crippen LogP contribution in [0.25, 0.3) is 0 Å². The molecule has 96 valence electrons. The van der Waals surface area contributed by atoms with Gasteiger partial charge in [0.2, 0.25) is 10.0 Å². The number of benzene rings is 1. The molecule has 1 aromatic carbocycles. The summed E-state index contributed by atoms with van der Waals surface area (Å²) in [7, 11) is -3.61. The number of halogens is 2. The van der Waals surface area contributed by atoms with Crippen molar-refractivity contribution in [2.24, 2.45) is 0 Å². The van der Waals surface area contributed by atoms with Crippen molar-refractivity contribution < 1.29 is 22.3 Å². The van der Waals surface area contributed by atoms with E-state index in [2.05, 4.69) is 0 Å². The van der Waals surface area contributed by atoms with Gasteiger partial charge in [0.05, 0.1) is 11.4 Å². The predicted octanol–water partition coefficient (Wildman–Crippen LogP) is 2.21. The maximum absolute atomic E-state index is 12.9. The van der Waals surface area contributed by atoms with Crippen LogP contribution in [0.5, 0.6) is 5.75 Å². The summed E-state index contributed by atoms with van der Waals surface area (Å²) in [6.45, 7) is 1.83. The molecule has 4 nitrogen and oxygen atoms in total. The van der Waals surface area contributed by atoms with Gasteiger partial charge in [-0.2, -0.15) is 0 Å². The zero-order chi connectivity index (χ0) is 13.1. The second kappa shape index (κ2) is 5.31. The summed E-state index contributed by atoms with van der Waals surface area (Å²) in [5.41, 5.74) is -0.242. The molecular formula is C10H13F2NO3S. The number of anilines is 1. The molecule has 0 amide bonds. The van der Waals surface area contributed by atoms with Crippen LogP contribution in [0.4, 0.5) is 14.5 Å². The van der Waals surface area contributed by atoms with E-state index in [-0.39, 0.29) is 11.4 Å². The Morgan fingerprint density at radius 2 is 1.82 bits per heavy atom. The quantitative estimate of drug-likeness (QED) is 0.802. The van der Waals surface area contributed by atoms with Gasteiger partial charge in [0.15, 0.2) is 17.4 Å². The Kier molecular flexibility index (Phi) is 4.28. The van der Waals surface area contributed by atoms with Crippen LogP contribution in [0.3, 0.4) is 0 Å². The van der Waals surface area contributed by atoms with E-state index in [1.165, 1.54) is 0 Å². The first-order valence-electron chi connectivity index (χ1n) is 5.04. The van der Waals surface area contributed by atoms with Crippen molar-refractivity contribution in [3.05, 3.63) is 23.8 Å². The summed E-state index contributed by atoms with van der Waals surface area (Å²) >= 11 is 0. The van der Waals surface area contributed by atoms with Crippen molar-refractivity contribution in [3.8, 4) is 5.75 Å². The molecule has 0 radical (unpaired) electrons. The summed E-state index contributed by atoms with van der Waals surface area (Å²) < 4.78 is 50.8. The summed E-state index contributed by atoms with van der Waals surface area (Å²) in [5.74, 6) is -3.66. The third-order valence-electron chi connectivity index (χ3n) is 2.06. The van der Waals surface area contributed by atoms with Crippen molar-refractivity contribution in [3.63, 3.8) is 0 Å². The van der Waals surface area contributed by atoms with E-state index in [0.717, 1.165) is 12.1 Å². The fourth-order valence-corrected chi connectivity index (χ4v) is 2.44. The molecule has 1 rings (SSSR count). The van der Waals surface area contributed by atoms with Crippen LogP contribution >= 0.6 is 0 Å². The molecule has 0 spiro atoms. The average Bonchev–Trinajstić information content (AvgIpc) is 2.22. The van der Waals surface area contributed by atoms with Crippen LogP contribution in [-0.2, 0) is 10.0 Å². The van der Waals surface area contributed by atoms with Crippen molar-refractivity contribution in [1.29, 1.82) is 0 Å². The van der Waals surface area contributed by atoms with Gasteiger partial charge >= 0.3 is 0 Å². The lowest BCUT2D eigenvalue weighted by atomic mass is 10.3. The van der Waals surface area contributed by atoms with Gasteiger partial charge in [0.25, 0.3) is 0 Å². The van der Waals surface area contributed by atoms with E-state index in [0.29, 0.717) is 12.8 Å². The molecule has 0 aliphatic heterocycles. The van der Waals surface area contributed by atoms with Gasteiger partial charge in [-0.1, -0.05) is 13.3 Å². The summed E-state index contributed by atoms with van der Waals surface area (Å²) in [5, 5.41) is 8.84. The number of phenolic OH excluding ortho intramolecular Hbond substituents is 1. The molecule has 17 heavy (non-hydrogen) atoms. The molecule has 0 fully saturated rings. The third-order valence-corrected chi connectivity index (χ3v) is 3.43. The number of hydrogen-bond acceptors (Lipinski definition) is 3. The molecule has 1 aromatic rings. The molecule has 0 heterocycles. The number of unbranched alkanes of at least 4 members (excludes halogenated alkanes) is 1. The fraction of sp³-hybridized carbons (Fsp3) is 0.400. The van der Waals surface area contributed by atoms with E-state index < -0.39 is 27.4 Å². The molecule has 0 saturated carbocycles. The lowest BCUT2D eigenvalue weighted by Gasteiger charge is -2.08. The van der Waals surface area contributed by atoms with Crippen molar-refractivity contribution in [2.75, 3.05) is 10.5 Å². The number of phenols is 1. The van der Waals surface area contributed by atoms with E-state index in [9.17, 15) is 17.2 Å². The van der Waals surface area contributed by atoms with Crippen LogP contribution in [0.2, 0.25) is 0 Å². The highest BCUT2D eigenvalue weighted by Gasteiger charge is 2.14. The number of aromatic hydroxyl groups is 1. The Morgan fingerprint density at radius 1 is 1.29 bits per heavy atom.